The Kier molecular flexibility index (Phi) is 10.6. The predicted molar refractivity (Wildman–Crippen MR) is 84.6 cm³/mol. The van der Waals surface area contributed by atoms with Gasteiger partial charge >= 0.3 is 0 Å². The summed E-state index contributed by atoms with van der Waals surface area (Å²) in [7, 11) is 0. The zero-order valence-corrected chi connectivity index (χ0v) is 13.8. The molecule has 0 spiro atoms. The van der Waals surface area contributed by atoms with E-state index in [0.29, 0.717) is 5.92 Å². The Morgan fingerprint density at radius 3 is 2.65 bits per heavy atom. The second kappa shape index (κ2) is 10.4. The number of nitrogens with one attached hydrogen (secondary N) is 1. The van der Waals surface area contributed by atoms with Crippen LogP contribution in [-0.2, 0) is 16.3 Å². The molecule has 0 amide bonds. The summed E-state index contributed by atoms with van der Waals surface area (Å²) in [6, 6.07) is 0. The molecule has 102 valence electrons. The number of aliphatic imine (C=N–C) groups is 1. The van der Waals surface area contributed by atoms with Crippen molar-refractivity contribution < 1.29 is 4.52 Å². The highest BCUT2D eigenvalue weighted by Crippen LogP contribution is 2.56. The van der Waals surface area contributed by atoms with Crippen LogP contribution in [0.3, 0.4) is 0 Å². The van der Waals surface area contributed by atoms with Crippen LogP contribution in [0.15, 0.2) is 4.99 Å². The quantitative estimate of drug-likeness (QED) is 0.374. The summed E-state index contributed by atoms with van der Waals surface area (Å²) >= 11 is 7.32. The van der Waals surface area contributed by atoms with Gasteiger partial charge in [0.2, 0.25) is 5.62 Å². The van der Waals surface area contributed by atoms with Crippen LogP contribution in [0.4, 0.5) is 0 Å². The van der Waals surface area contributed by atoms with Crippen LogP contribution < -0.4 is 5.09 Å². The third-order valence-electron chi connectivity index (χ3n) is 1.70. The normalized spacial score (nSPS) is 15.4. The Hall–Kier alpha value is 0.430. The first-order chi connectivity index (χ1) is 8.04. The summed E-state index contributed by atoms with van der Waals surface area (Å²) < 4.78 is 5.80. The fourth-order valence-electron chi connectivity index (χ4n) is 0.876. The van der Waals surface area contributed by atoms with Gasteiger partial charge in [0.1, 0.15) is 0 Å². The van der Waals surface area contributed by atoms with Crippen molar-refractivity contribution in [2.75, 3.05) is 18.9 Å². The summed E-state index contributed by atoms with van der Waals surface area (Å²) in [6.45, 7) is 10.1. The summed E-state index contributed by atoms with van der Waals surface area (Å²) in [4.78, 5) is 4.24. The van der Waals surface area contributed by atoms with E-state index in [9.17, 15) is 0 Å². The molecule has 0 aliphatic carbocycles. The minimum Gasteiger partial charge on any atom is -0.326 e. The fourth-order valence-corrected chi connectivity index (χ4v) is 5.45. The van der Waals surface area contributed by atoms with Gasteiger partial charge in [0.05, 0.1) is 12.9 Å². The van der Waals surface area contributed by atoms with Crippen molar-refractivity contribution in [1.29, 1.82) is 0 Å². The average Bonchev–Trinajstić information content (AvgIpc) is 2.30. The van der Waals surface area contributed by atoms with Gasteiger partial charge in [-0.25, -0.2) is 0 Å². The van der Waals surface area contributed by atoms with Crippen molar-refractivity contribution in [1.82, 2.24) is 5.09 Å². The van der Waals surface area contributed by atoms with Crippen molar-refractivity contribution in [3.05, 3.63) is 0 Å². The summed E-state index contributed by atoms with van der Waals surface area (Å²) in [5.41, 5.74) is -1.98. The van der Waals surface area contributed by atoms with Crippen molar-refractivity contribution in [2.24, 2.45) is 10.9 Å². The van der Waals surface area contributed by atoms with Gasteiger partial charge in [-0.05, 0) is 30.6 Å². The van der Waals surface area contributed by atoms with Crippen LogP contribution in [0.1, 0.15) is 40.5 Å². The first-order valence-electron chi connectivity index (χ1n) is 6.19. The summed E-state index contributed by atoms with van der Waals surface area (Å²) in [6.07, 6.45) is 3.78. The third-order valence-corrected chi connectivity index (χ3v) is 7.49. The van der Waals surface area contributed by atoms with Gasteiger partial charge in [0.15, 0.2) is 0 Å². The zero-order chi connectivity index (χ0) is 13.1. The lowest BCUT2D eigenvalue weighted by molar-refractivity contribution is 0.356. The molecule has 0 saturated carbocycles. The maximum atomic E-state index is 5.80. The fraction of sp³-hybridized carbons (Fsp3) is 0.909. The molecule has 0 aromatic carbocycles. The van der Waals surface area contributed by atoms with E-state index in [1.165, 1.54) is 0 Å². The highest BCUT2D eigenvalue weighted by atomic mass is 32.9. The van der Waals surface area contributed by atoms with Crippen LogP contribution in [0.5, 0.6) is 0 Å². The summed E-state index contributed by atoms with van der Waals surface area (Å²) in [5.74, 6) is 1.65. The van der Waals surface area contributed by atoms with Crippen LogP contribution in [0, 0.1) is 5.92 Å². The van der Waals surface area contributed by atoms with Gasteiger partial charge in [-0.3, -0.25) is 4.99 Å². The second-order valence-electron chi connectivity index (χ2n) is 4.18. The van der Waals surface area contributed by atoms with E-state index in [4.69, 9.17) is 16.3 Å². The molecular formula is C11H25N2OPS2. The minimum absolute atomic E-state index is 0.627. The number of hydrogen-bond donors (Lipinski definition) is 1. The Bertz CT molecular complexity index is 260. The van der Waals surface area contributed by atoms with Crippen molar-refractivity contribution in [3.8, 4) is 0 Å². The average molecular weight is 296 g/mol. The molecule has 17 heavy (non-hydrogen) atoms. The van der Waals surface area contributed by atoms with Crippen LogP contribution in [-0.4, -0.2) is 25.2 Å². The maximum absolute atomic E-state index is 5.80. The molecule has 0 heterocycles. The smallest absolute Gasteiger partial charge is 0.211 e. The van der Waals surface area contributed by atoms with Gasteiger partial charge < -0.3 is 9.61 Å². The molecule has 0 aromatic heterocycles. The number of rotatable bonds is 10. The van der Waals surface area contributed by atoms with Gasteiger partial charge in [-0.2, -0.15) is 0 Å². The van der Waals surface area contributed by atoms with Crippen LogP contribution >= 0.6 is 17.0 Å². The Morgan fingerprint density at radius 1 is 1.41 bits per heavy atom. The Balaban J connectivity index is 4.23. The highest BCUT2D eigenvalue weighted by Gasteiger charge is 2.17. The monoisotopic (exact) mass is 296 g/mol. The standard InChI is InChI=1S/C11H25N2OPS2/c1-5-7-12-10-13-15(16,14-8-6-2)17-9-11(3)4/h10-11H,5-9H2,1-4H3,(H,12,13,16). The van der Waals surface area contributed by atoms with Gasteiger partial charge in [-0.1, -0.05) is 39.1 Å². The number of nitrogens with zero attached hydrogens (tertiary/aromatic N) is 1. The lowest BCUT2D eigenvalue weighted by atomic mass is 10.3. The molecule has 0 aliphatic rings. The Labute approximate surface area is 115 Å². The van der Waals surface area contributed by atoms with Crippen LogP contribution in [0.25, 0.3) is 0 Å². The molecule has 0 radical (unpaired) electrons. The summed E-state index contributed by atoms with van der Waals surface area (Å²) in [5, 5.41) is 3.20. The molecule has 0 aromatic rings. The predicted octanol–water partition coefficient (Wildman–Crippen LogP) is 4.05. The third kappa shape index (κ3) is 10.1. The second-order valence-corrected chi connectivity index (χ2v) is 10.8. The first-order valence-corrected chi connectivity index (χ1v) is 10.5. The molecule has 0 bridgehead atoms. The molecule has 1 N–H and O–H groups in total. The minimum atomic E-state index is -1.98. The van der Waals surface area contributed by atoms with Crippen molar-refractivity contribution in [2.45, 2.75) is 40.5 Å². The van der Waals surface area contributed by atoms with Gasteiger partial charge in [0.25, 0.3) is 0 Å². The van der Waals surface area contributed by atoms with Crippen LogP contribution in [0.2, 0.25) is 0 Å². The molecule has 6 heteroatoms. The molecule has 1 atom stereocenters. The van der Waals surface area contributed by atoms with E-state index in [2.05, 4.69) is 37.8 Å². The van der Waals surface area contributed by atoms with E-state index in [1.807, 2.05) is 0 Å². The van der Waals surface area contributed by atoms with Gasteiger partial charge in [-0.15, -0.1) is 0 Å². The first kappa shape index (κ1) is 17.4. The topological polar surface area (TPSA) is 33.6 Å². The molecule has 0 aliphatic heterocycles. The van der Waals surface area contributed by atoms with Gasteiger partial charge in [0, 0.05) is 12.3 Å². The van der Waals surface area contributed by atoms with E-state index in [-0.39, 0.29) is 0 Å². The van der Waals surface area contributed by atoms with Crippen molar-refractivity contribution in [3.63, 3.8) is 0 Å². The van der Waals surface area contributed by atoms with Crippen molar-refractivity contribution >= 4 is 35.1 Å². The zero-order valence-electron chi connectivity index (χ0n) is 11.3. The SMILES string of the molecule is CCCN=CNP(=S)(OCCC)SCC(C)C. The molecule has 0 rings (SSSR count). The molecule has 3 nitrogen and oxygen atoms in total. The van der Waals surface area contributed by atoms with E-state index in [1.54, 1.807) is 17.7 Å². The lowest BCUT2D eigenvalue weighted by Gasteiger charge is -2.21. The van der Waals surface area contributed by atoms with E-state index >= 15 is 0 Å². The highest BCUT2D eigenvalue weighted by molar-refractivity contribution is 8.68. The molecular weight excluding hydrogens is 271 g/mol. The van der Waals surface area contributed by atoms with E-state index < -0.39 is 5.62 Å². The largest absolute Gasteiger partial charge is 0.326 e. The van der Waals surface area contributed by atoms with E-state index in [0.717, 1.165) is 31.7 Å². The molecule has 0 saturated heterocycles. The maximum Gasteiger partial charge on any atom is 0.211 e. The molecule has 0 fully saturated rings. The Morgan fingerprint density at radius 2 is 2.12 bits per heavy atom. The molecule has 1 unspecified atom stereocenters. The lowest BCUT2D eigenvalue weighted by Crippen LogP contribution is -2.10. The number of hydrogen-bond acceptors (Lipinski definition) is 4.